The van der Waals surface area contributed by atoms with E-state index in [0.29, 0.717) is 30.1 Å². The van der Waals surface area contributed by atoms with E-state index in [1.165, 1.54) is 0 Å². The third kappa shape index (κ3) is 3.20. The monoisotopic (exact) mass is 441 g/mol. The van der Waals surface area contributed by atoms with Gasteiger partial charge in [-0.2, -0.15) is 0 Å². The molecule has 7 nitrogen and oxygen atoms in total. The summed E-state index contributed by atoms with van der Waals surface area (Å²) in [5, 5.41) is 3.96. The molecule has 0 N–H and O–H groups in total. The summed E-state index contributed by atoms with van der Waals surface area (Å²) in [5.74, 6) is 1.61. The van der Waals surface area contributed by atoms with Crippen molar-refractivity contribution in [2.75, 3.05) is 31.1 Å². The Morgan fingerprint density at radius 1 is 0.969 bits per heavy atom. The predicted octanol–water partition coefficient (Wildman–Crippen LogP) is 4.46. The van der Waals surface area contributed by atoms with Crippen LogP contribution in [-0.4, -0.2) is 51.9 Å². The van der Waals surface area contributed by atoms with Crippen molar-refractivity contribution in [3.8, 4) is 11.5 Å². The van der Waals surface area contributed by atoms with Crippen molar-refractivity contribution in [2.45, 2.75) is 0 Å². The highest BCUT2D eigenvalue weighted by Gasteiger charge is 2.26. The van der Waals surface area contributed by atoms with Gasteiger partial charge in [0.1, 0.15) is 22.7 Å². The molecule has 32 heavy (non-hydrogen) atoms. The lowest BCUT2D eigenvalue weighted by Crippen LogP contribution is -2.49. The Hall–Kier alpha value is -3.78. The van der Waals surface area contributed by atoms with Crippen molar-refractivity contribution in [2.24, 2.45) is 0 Å². The van der Waals surface area contributed by atoms with E-state index in [2.05, 4.69) is 20.9 Å². The van der Waals surface area contributed by atoms with Crippen LogP contribution in [0.15, 0.2) is 70.9 Å². The van der Waals surface area contributed by atoms with E-state index in [1.807, 2.05) is 52.7 Å². The summed E-state index contributed by atoms with van der Waals surface area (Å²) in [5.41, 5.74) is 2.10. The fourth-order valence-electron chi connectivity index (χ4n) is 4.22. The minimum Gasteiger partial charge on any atom is -0.463 e. The number of furan rings is 1. The number of carbonyl (C=O) groups excluding carboxylic acids is 1. The van der Waals surface area contributed by atoms with Gasteiger partial charge in [-0.05, 0) is 35.7 Å². The van der Waals surface area contributed by atoms with Crippen molar-refractivity contribution in [1.82, 2.24) is 19.9 Å². The third-order valence-corrected chi connectivity index (χ3v) is 6.65. The Labute approximate surface area is 188 Å². The zero-order valence-electron chi connectivity index (χ0n) is 17.1. The van der Waals surface area contributed by atoms with Gasteiger partial charge in [-0.1, -0.05) is 18.2 Å². The Balaban J connectivity index is 1.29. The number of anilines is 1. The number of thiophene rings is 1. The number of piperazine rings is 1. The van der Waals surface area contributed by atoms with Gasteiger partial charge in [0.05, 0.1) is 22.7 Å². The third-order valence-electron chi connectivity index (χ3n) is 5.83. The number of fused-ring (bicyclic) bond motifs is 2. The SMILES string of the molecule is O=C(c1cc(-c2ccco2)nc2ccccc12)N1CCN(c2ncnc3sccc23)CC1. The number of aromatic nitrogens is 3. The summed E-state index contributed by atoms with van der Waals surface area (Å²) in [6.07, 6.45) is 3.23. The molecular weight excluding hydrogens is 422 g/mol. The number of pyridine rings is 1. The molecule has 5 aromatic rings. The standard InChI is InChI=1S/C24H19N5O2S/c30-24(18-14-20(21-6-3-12-31-21)27-19-5-2-1-4-16(18)19)29-10-8-28(9-11-29)22-17-7-13-32-23(17)26-15-25-22/h1-7,12-15H,8-11H2. The van der Waals surface area contributed by atoms with Crippen LogP contribution in [0.25, 0.3) is 32.6 Å². The Bertz CT molecular complexity index is 1420. The first-order chi connectivity index (χ1) is 15.8. The lowest BCUT2D eigenvalue weighted by molar-refractivity contribution is 0.0748. The average molecular weight is 442 g/mol. The van der Waals surface area contributed by atoms with E-state index >= 15 is 0 Å². The molecule has 1 amide bonds. The quantitative estimate of drug-likeness (QED) is 0.411. The molecule has 5 heterocycles. The maximum atomic E-state index is 13.6. The molecule has 0 spiro atoms. The van der Waals surface area contributed by atoms with Crippen molar-refractivity contribution < 1.29 is 9.21 Å². The van der Waals surface area contributed by atoms with Gasteiger partial charge in [-0.3, -0.25) is 4.79 Å². The lowest BCUT2D eigenvalue weighted by atomic mass is 10.0. The number of carbonyl (C=O) groups is 1. The second kappa shape index (κ2) is 7.72. The van der Waals surface area contributed by atoms with Gasteiger partial charge < -0.3 is 14.2 Å². The number of hydrogen-bond donors (Lipinski definition) is 0. The highest BCUT2D eigenvalue weighted by molar-refractivity contribution is 7.16. The number of amides is 1. The largest absolute Gasteiger partial charge is 0.463 e. The van der Waals surface area contributed by atoms with Crippen LogP contribution in [-0.2, 0) is 0 Å². The van der Waals surface area contributed by atoms with Gasteiger partial charge >= 0.3 is 0 Å². The van der Waals surface area contributed by atoms with Crippen molar-refractivity contribution >= 4 is 44.2 Å². The molecule has 0 bridgehead atoms. The van der Waals surface area contributed by atoms with Crippen molar-refractivity contribution in [3.05, 3.63) is 72.1 Å². The molecule has 1 saturated heterocycles. The second-order valence-corrected chi connectivity index (χ2v) is 8.56. The maximum absolute atomic E-state index is 13.6. The van der Waals surface area contributed by atoms with E-state index < -0.39 is 0 Å². The van der Waals surface area contributed by atoms with Gasteiger partial charge in [0.25, 0.3) is 5.91 Å². The molecule has 1 aromatic carbocycles. The molecule has 1 aliphatic rings. The fraction of sp³-hybridized carbons (Fsp3) is 0.167. The van der Waals surface area contributed by atoms with Crippen LogP contribution in [0.5, 0.6) is 0 Å². The first-order valence-electron chi connectivity index (χ1n) is 10.4. The molecule has 0 radical (unpaired) electrons. The van der Waals surface area contributed by atoms with E-state index in [4.69, 9.17) is 9.40 Å². The van der Waals surface area contributed by atoms with Crippen LogP contribution < -0.4 is 4.90 Å². The molecule has 8 heteroatoms. The molecule has 4 aromatic heterocycles. The normalized spacial score (nSPS) is 14.4. The van der Waals surface area contributed by atoms with Crippen molar-refractivity contribution in [3.63, 3.8) is 0 Å². The Kier molecular flexibility index (Phi) is 4.57. The van der Waals surface area contributed by atoms with Crippen LogP contribution in [0, 0.1) is 0 Å². The molecule has 0 aliphatic carbocycles. The van der Waals surface area contributed by atoms with Crippen LogP contribution in [0.2, 0.25) is 0 Å². The first-order valence-corrected chi connectivity index (χ1v) is 11.3. The summed E-state index contributed by atoms with van der Waals surface area (Å²) in [4.78, 5) is 32.3. The van der Waals surface area contributed by atoms with E-state index in [9.17, 15) is 4.79 Å². The zero-order chi connectivity index (χ0) is 21.5. The van der Waals surface area contributed by atoms with Crippen LogP contribution in [0.3, 0.4) is 0 Å². The smallest absolute Gasteiger partial charge is 0.254 e. The fourth-order valence-corrected chi connectivity index (χ4v) is 4.95. The van der Waals surface area contributed by atoms with Gasteiger partial charge in [0.2, 0.25) is 0 Å². The number of para-hydroxylation sites is 1. The first kappa shape index (κ1) is 18.9. The molecule has 1 aliphatic heterocycles. The minimum absolute atomic E-state index is 0.0134. The van der Waals surface area contributed by atoms with Gasteiger partial charge in [0.15, 0.2) is 5.76 Å². The summed E-state index contributed by atoms with van der Waals surface area (Å²) in [6.45, 7) is 2.70. The number of nitrogens with zero attached hydrogens (tertiary/aromatic N) is 5. The average Bonchev–Trinajstić information content (AvgIpc) is 3.55. The van der Waals surface area contributed by atoms with E-state index in [1.54, 1.807) is 23.9 Å². The van der Waals surface area contributed by atoms with Crippen LogP contribution >= 0.6 is 11.3 Å². The second-order valence-electron chi connectivity index (χ2n) is 7.67. The Morgan fingerprint density at radius 2 is 1.84 bits per heavy atom. The maximum Gasteiger partial charge on any atom is 0.254 e. The zero-order valence-corrected chi connectivity index (χ0v) is 18.0. The number of hydrogen-bond acceptors (Lipinski definition) is 7. The lowest BCUT2D eigenvalue weighted by Gasteiger charge is -2.35. The summed E-state index contributed by atoms with van der Waals surface area (Å²) in [7, 11) is 0. The van der Waals surface area contributed by atoms with Gasteiger partial charge in [0, 0.05) is 31.6 Å². The van der Waals surface area contributed by atoms with Gasteiger partial charge in [-0.15, -0.1) is 11.3 Å². The molecule has 158 valence electrons. The highest BCUT2D eigenvalue weighted by Crippen LogP contribution is 2.29. The predicted molar refractivity (Wildman–Crippen MR) is 125 cm³/mol. The van der Waals surface area contributed by atoms with Gasteiger partial charge in [-0.25, -0.2) is 15.0 Å². The highest BCUT2D eigenvalue weighted by atomic mass is 32.1. The molecule has 0 unspecified atom stereocenters. The summed E-state index contributed by atoms with van der Waals surface area (Å²) in [6, 6.07) is 15.3. The van der Waals surface area contributed by atoms with Crippen LogP contribution in [0.1, 0.15) is 10.4 Å². The summed E-state index contributed by atoms with van der Waals surface area (Å²) < 4.78 is 5.53. The number of rotatable bonds is 3. The number of benzene rings is 1. The van der Waals surface area contributed by atoms with E-state index in [0.717, 1.165) is 40.0 Å². The molecule has 0 atom stereocenters. The topological polar surface area (TPSA) is 75.4 Å². The van der Waals surface area contributed by atoms with Crippen LogP contribution in [0.4, 0.5) is 5.82 Å². The molecule has 6 rings (SSSR count). The molecular formula is C24H19N5O2S. The Morgan fingerprint density at radius 3 is 2.69 bits per heavy atom. The van der Waals surface area contributed by atoms with Crippen molar-refractivity contribution in [1.29, 1.82) is 0 Å². The summed E-state index contributed by atoms with van der Waals surface area (Å²) >= 11 is 1.61. The minimum atomic E-state index is 0.0134. The van der Waals surface area contributed by atoms with E-state index in [-0.39, 0.29) is 5.91 Å². The molecule has 1 fully saturated rings. The molecule has 0 saturated carbocycles.